The third-order valence-corrected chi connectivity index (χ3v) is 13.1. The summed E-state index contributed by atoms with van der Waals surface area (Å²) in [5.74, 6) is 2.08. The lowest BCUT2D eigenvalue weighted by atomic mass is 9.60. The van der Waals surface area contributed by atoms with Gasteiger partial charge in [0.1, 0.15) is 0 Å². The van der Waals surface area contributed by atoms with Gasteiger partial charge >= 0.3 is 0 Å². The molecule has 10 heteroatoms. The number of carbonyl (C=O) groups is 2. The number of rotatable bonds is 12. The maximum absolute atomic E-state index is 11.9. The molecule has 53 heavy (non-hydrogen) atoms. The molecule has 2 amide bonds. The van der Waals surface area contributed by atoms with E-state index < -0.39 is 0 Å². The van der Waals surface area contributed by atoms with E-state index in [0.717, 1.165) is 11.8 Å². The van der Waals surface area contributed by atoms with Gasteiger partial charge in [-0.2, -0.15) is 0 Å². The normalized spacial score (nSPS) is 27.2. The van der Waals surface area contributed by atoms with Gasteiger partial charge in [0.05, 0.1) is 0 Å². The molecule has 6 rings (SSSR count). The predicted molar refractivity (Wildman–Crippen MR) is 228 cm³/mol. The number of likely N-dealkylation sites (tertiary alicyclic amines) is 2. The molecule has 6 fully saturated rings. The van der Waals surface area contributed by atoms with E-state index in [1.54, 1.807) is 6.92 Å². The fraction of sp³-hybridized carbons (Fsp3) is 0.953. The van der Waals surface area contributed by atoms with Gasteiger partial charge in [-0.3, -0.25) is 19.4 Å². The molecule has 0 bridgehead atoms. The highest BCUT2D eigenvalue weighted by atomic mass is 16.2. The van der Waals surface area contributed by atoms with Crippen LogP contribution in [0.2, 0.25) is 0 Å². The number of nitrogens with one attached hydrogen (secondary N) is 2. The minimum absolute atomic E-state index is 0. The van der Waals surface area contributed by atoms with E-state index in [0.29, 0.717) is 23.5 Å². The third kappa shape index (κ3) is 14.9. The number of carbonyl (C=O) groups excluding carboxylic acids is 2. The first-order valence-electron chi connectivity index (χ1n) is 22.4. The van der Waals surface area contributed by atoms with E-state index in [-0.39, 0.29) is 20.6 Å². The Morgan fingerprint density at radius 2 is 1.11 bits per heavy atom. The van der Waals surface area contributed by atoms with Gasteiger partial charge in [-0.15, -0.1) is 0 Å². The van der Waals surface area contributed by atoms with Crippen LogP contribution < -0.4 is 10.6 Å². The van der Waals surface area contributed by atoms with Crippen molar-refractivity contribution in [1.29, 1.82) is 0 Å². The average molecular weight is 751 g/mol. The number of nitrogens with zero attached hydrogens (tertiary/aromatic N) is 6. The van der Waals surface area contributed by atoms with Crippen LogP contribution in [0, 0.1) is 23.2 Å². The molecule has 2 N–H and O–H groups in total. The van der Waals surface area contributed by atoms with Gasteiger partial charge in [0, 0.05) is 112 Å². The monoisotopic (exact) mass is 751 g/mol. The summed E-state index contributed by atoms with van der Waals surface area (Å²) in [6.07, 6.45) is 8.75. The van der Waals surface area contributed by atoms with Gasteiger partial charge in [-0.25, -0.2) is 0 Å². The van der Waals surface area contributed by atoms with Crippen LogP contribution in [0.5, 0.6) is 0 Å². The second-order valence-corrected chi connectivity index (χ2v) is 17.4. The van der Waals surface area contributed by atoms with Crippen LogP contribution in [0.4, 0.5) is 0 Å². The molecule has 2 unspecified atom stereocenters. The van der Waals surface area contributed by atoms with E-state index >= 15 is 0 Å². The Kier molecular flexibility index (Phi) is 20.6. The van der Waals surface area contributed by atoms with Gasteiger partial charge < -0.3 is 30.2 Å². The summed E-state index contributed by atoms with van der Waals surface area (Å²) in [6.45, 7) is 41.5. The summed E-state index contributed by atoms with van der Waals surface area (Å²) in [5, 5.41) is 6.33. The summed E-state index contributed by atoms with van der Waals surface area (Å²) in [6, 6.07) is 1.57. The first kappa shape index (κ1) is 46.1. The lowest BCUT2D eigenvalue weighted by molar-refractivity contribution is -0.124. The Hall–Kier alpha value is -1.30. The van der Waals surface area contributed by atoms with Crippen LogP contribution in [0.15, 0.2) is 0 Å². The number of hydrogen-bond acceptors (Lipinski definition) is 8. The Labute approximate surface area is 330 Å². The molecule has 0 aromatic carbocycles. The molecule has 10 nitrogen and oxygen atoms in total. The molecule has 2 aliphatic carbocycles. The first-order valence-corrected chi connectivity index (χ1v) is 22.4. The molecule has 1 spiro atoms. The Balaban J connectivity index is 0.000000491. The Morgan fingerprint density at radius 1 is 0.642 bits per heavy atom. The predicted octanol–water partition coefficient (Wildman–Crippen LogP) is 5.43. The molecule has 0 radical (unpaired) electrons. The zero-order chi connectivity index (χ0) is 39.0. The van der Waals surface area contributed by atoms with Crippen molar-refractivity contribution in [1.82, 2.24) is 40.0 Å². The molecule has 2 atom stereocenters. The largest absolute Gasteiger partial charge is 0.354 e. The van der Waals surface area contributed by atoms with Gasteiger partial charge in [-0.05, 0) is 109 Å². The van der Waals surface area contributed by atoms with E-state index in [9.17, 15) is 9.59 Å². The summed E-state index contributed by atoms with van der Waals surface area (Å²) in [7, 11) is 0. The number of hydrogen-bond donors (Lipinski definition) is 2. The second kappa shape index (κ2) is 23.7. The van der Waals surface area contributed by atoms with Crippen molar-refractivity contribution in [3.63, 3.8) is 0 Å². The van der Waals surface area contributed by atoms with Crippen LogP contribution in [0.25, 0.3) is 0 Å². The van der Waals surface area contributed by atoms with Crippen LogP contribution in [-0.4, -0.2) is 171 Å². The van der Waals surface area contributed by atoms with Crippen molar-refractivity contribution in [2.75, 3.05) is 111 Å². The van der Waals surface area contributed by atoms with Gasteiger partial charge in [0.2, 0.25) is 11.8 Å². The van der Waals surface area contributed by atoms with Crippen molar-refractivity contribution < 1.29 is 12.4 Å². The van der Waals surface area contributed by atoms with Gasteiger partial charge in [-0.1, -0.05) is 48.5 Å². The number of likely N-dealkylation sites (N-methyl/N-ethyl adjacent to an activating group) is 1. The number of piperidine rings is 1. The van der Waals surface area contributed by atoms with E-state index in [2.05, 4.69) is 60.8 Å². The van der Waals surface area contributed by atoms with Crippen molar-refractivity contribution in [3.05, 3.63) is 0 Å². The lowest BCUT2D eigenvalue weighted by Crippen LogP contribution is -2.55. The number of amides is 2. The van der Waals surface area contributed by atoms with Crippen molar-refractivity contribution in [2.45, 2.75) is 132 Å². The summed E-state index contributed by atoms with van der Waals surface area (Å²) in [4.78, 5) is 38.8. The van der Waals surface area contributed by atoms with Crippen LogP contribution in [0.1, 0.15) is 117 Å². The van der Waals surface area contributed by atoms with E-state index in [1.165, 1.54) is 156 Å². The highest BCUT2D eigenvalue weighted by molar-refractivity contribution is 5.78. The smallest absolute Gasteiger partial charge is 0.222 e. The second-order valence-electron chi connectivity index (χ2n) is 17.4. The molecular formula is C43H90N8O2. The topological polar surface area (TPSA) is 77.6 Å². The summed E-state index contributed by atoms with van der Waals surface area (Å²) >= 11 is 0. The third-order valence-electron chi connectivity index (χ3n) is 13.1. The van der Waals surface area contributed by atoms with E-state index in [1.807, 2.05) is 41.5 Å². The molecule has 314 valence electrons. The molecule has 4 saturated heterocycles. The van der Waals surface area contributed by atoms with E-state index in [4.69, 9.17) is 0 Å². The Morgan fingerprint density at radius 3 is 1.60 bits per heavy atom. The summed E-state index contributed by atoms with van der Waals surface area (Å²) < 4.78 is 0. The highest BCUT2D eigenvalue weighted by Gasteiger charge is 2.46. The fourth-order valence-electron chi connectivity index (χ4n) is 9.73. The number of piperazine rings is 2. The standard InChI is InChI=1S/C21H40N4O.C18H34N4O.2C2H6.2H2/c1-16(2)21(26)22-20-12-18-14-24(15-19(18)13-20)7-5-6-23-8-10-25(11-9-23)17(3)4;1-3-20-8-10-22(11-9-20)13-12-21-6-4-18(5-7-21)14-17(15-18)19-16(2)23;2*1-2;;/h16-20H,5-15H2,1-4H3,(H,22,26);17H,3-15H2,1-2H3,(H,19,23);2*1-2H3;2*1H. The molecule has 4 heterocycles. The maximum Gasteiger partial charge on any atom is 0.222 e. The van der Waals surface area contributed by atoms with Crippen molar-refractivity contribution >= 4 is 11.8 Å². The zero-order valence-electron chi connectivity index (χ0n) is 36.4. The fourth-order valence-corrected chi connectivity index (χ4v) is 9.73. The van der Waals surface area contributed by atoms with Crippen LogP contribution in [-0.2, 0) is 9.59 Å². The molecule has 0 aromatic heterocycles. The molecular weight excluding hydrogens is 661 g/mol. The molecule has 6 aliphatic rings. The first-order chi connectivity index (χ1) is 25.5. The quantitative estimate of drug-likeness (QED) is 0.274. The van der Waals surface area contributed by atoms with Crippen LogP contribution in [0.3, 0.4) is 0 Å². The molecule has 4 aliphatic heterocycles. The zero-order valence-corrected chi connectivity index (χ0v) is 36.4. The Bertz CT molecular complexity index is 1010. The molecule has 2 saturated carbocycles. The SMILES string of the molecule is CC.CC.CC(C)C(=O)NC1CC2CN(CCCN3CCN(C(C)C)CC3)CC2C1.CCN1CCN(CCN2CCC3(CC2)CC(NC(C)=O)C3)CC1.[HH].[HH]. The minimum Gasteiger partial charge on any atom is -0.354 e. The highest BCUT2D eigenvalue weighted by Crippen LogP contribution is 2.49. The maximum atomic E-state index is 11.9. The minimum atomic E-state index is 0. The van der Waals surface area contributed by atoms with Crippen molar-refractivity contribution in [2.24, 2.45) is 23.2 Å². The summed E-state index contributed by atoms with van der Waals surface area (Å²) in [5.41, 5.74) is 0.552. The van der Waals surface area contributed by atoms with Gasteiger partial charge in [0.15, 0.2) is 0 Å². The van der Waals surface area contributed by atoms with Gasteiger partial charge in [0.25, 0.3) is 0 Å². The molecule has 0 aromatic rings. The lowest BCUT2D eigenvalue weighted by Gasteiger charge is -2.52. The number of fused-ring (bicyclic) bond motifs is 1. The average Bonchev–Trinajstić information content (AvgIpc) is 3.71. The van der Waals surface area contributed by atoms with Crippen LogP contribution >= 0.6 is 0 Å². The van der Waals surface area contributed by atoms with Crippen molar-refractivity contribution in [3.8, 4) is 0 Å².